The van der Waals surface area contributed by atoms with E-state index in [1.54, 1.807) is 11.3 Å². The van der Waals surface area contributed by atoms with Crippen LogP contribution in [0.2, 0.25) is 0 Å². The SMILES string of the molecule is Cc1sc2nc(COC3CCC(N)C3)[nH]c(=O)c2c1C. The van der Waals surface area contributed by atoms with Gasteiger partial charge in [-0.3, -0.25) is 4.79 Å². The molecular weight excluding hydrogens is 274 g/mol. The lowest BCUT2D eigenvalue weighted by Crippen LogP contribution is -2.18. The second-order valence-electron chi connectivity index (χ2n) is 5.48. The second-order valence-corrected chi connectivity index (χ2v) is 6.69. The van der Waals surface area contributed by atoms with Gasteiger partial charge in [0.1, 0.15) is 17.3 Å². The van der Waals surface area contributed by atoms with E-state index in [0.717, 1.165) is 34.5 Å². The highest BCUT2D eigenvalue weighted by Crippen LogP contribution is 2.26. The molecule has 1 aliphatic carbocycles. The molecule has 2 aromatic heterocycles. The number of aryl methyl sites for hydroxylation is 2. The number of H-pyrrole nitrogens is 1. The highest BCUT2D eigenvalue weighted by atomic mass is 32.1. The summed E-state index contributed by atoms with van der Waals surface area (Å²) in [5.41, 5.74) is 6.81. The summed E-state index contributed by atoms with van der Waals surface area (Å²) in [5, 5.41) is 0.708. The molecule has 6 heteroatoms. The number of nitrogens with two attached hydrogens (primary N) is 1. The third-order valence-electron chi connectivity index (χ3n) is 3.97. The van der Waals surface area contributed by atoms with Gasteiger partial charge >= 0.3 is 0 Å². The third kappa shape index (κ3) is 2.51. The van der Waals surface area contributed by atoms with Gasteiger partial charge in [0.2, 0.25) is 0 Å². The summed E-state index contributed by atoms with van der Waals surface area (Å²) in [6.45, 7) is 4.32. The van der Waals surface area contributed by atoms with Crippen molar-refractivity contribution in [2.24, 2.45) is 5.73 Å². The Labute approximate surface area is 121 Å². The first-order valence-electron chi connectivity index (χ1n) is 6.90. The summed E-state index contributed by atoms with van der Waals surface area (Å²) >= 11 is 1.56. The lowest BCUT2D eigenvalue weighted by molar-refractivity contribution is 0.0409. The molecule has 0 aliphatic heterocycles. The molecule has 0 aromatic carbocycles. The standard InChI is InChI=1S/C14H19N3O2S/c1-7-8(2)20-14-12(7)13(18)16-11(17-14)6-19-10-4-3-9(15)5-10/h9-10H,3-6,15H2,1-2H3,(H,16,17,18). The minimum atomic E-state index is -0.0708. The average Bonchev–Trinajstić information content (AvgIpc) is 2.92. The molecule has 2 heterocycles. The Hall–Kier alpha value is -1.24. The van der Waals surface area contributed by atoms with E-state index in [0.29, 0.717) is 17.8 Å². The van der Waals surface area contributed by atoms with Crippen LogP contribution in [0.3, 0.4) is 0 Å². The van der Waals surface area contributed by atoms with E-state index in [2.05, 4.69) is 9.97 Å². The zero-order valence-electron chi connectivity index (χ0n) is 11.7. The van der Waals surface area contributed by atoms with Gasteiger partial charge < -0.3 is 15.5 Å². The molecule has 1 fully saturated rings. The number of ether oxygens (including phenoxy) is 1. The van der Waals surface area contributed by atoms with E-state index >= 15 is 0 Å². The van der Waals surface area contributed by atoms with Gasteiger partial charge in [-0.2, -0.15) is 0 Å². The topological polar surface area (TPSA) is 81.0 Å². The van der Waals surface area contributed by atoms with Gasteiger partial charge in [-0.1, -0.05) is 0 Å². The zero-order chi connectivity index (χ0) is 14.3. The van der Waals surface area contributed by atoms with Gasteiger partial charge in [0.05, 0.1) is 11.5 Å². The molecule has 1 saturated carbocycles. The van der Waals surface area contributed by atoms with E-state index in [4.69, 9.17) is 10.5 Å². The smallest absolute Gasteiger partial charge is 0.259 e. The third-order valence-corrected chi connectivity index (χ3v) is 5.07. The highest BCUT2D eigenvalue weighted by molar-refractivity contribution is 7.18. The van der Waals surface area contributed by atoms with Crippen molar-refractivity contribution in [3.63, 3.8) is 0 Å². The fourth-order valence-electron chi connectivity index (χ4n) is 2.69. The lowest BCUT2D eigenvalue weighted by atomic mass is 10.2. The fraction of sp³-hybridized carbons (Fsp3) is 0.571. The van der Waals surface area contributed by atoms with Gasteiger partial charge in [0, 0.05) is 10.9 Å². The average molecular weight is 293 g/mol. The van der Waals surface area contributed by atoms with Crippen LogP contribution < -0.4 is 11.3 Å². The van der Waals surface area contributed by atoms with Crippen molar-refractivity contribution in [2.75, 3.05) is 0 Å². The van der Waals surface area contributed by atoms with Gasteiger partial charge in [0.25, 0.3) is 5.56 Å². The van der Waals surface area contributed by atoms with Crippen molar-refractivity contribution < 1.29 is 4.74 Å². The summed E-state index contributed by atoms with van der Waals surface area (Å²) in [4.78, 5) is 21.4. The minimum Gasteiger partial charge on any atom is -0.370 e. The molecule has 0 spiro atoms. The first kappa shape index (κ1) is 13.7. The summed E-state index contributed by atoms with van der Waals surface area (Å²) in [6, 6.07) is 0.247. The Balaban J connectivity index is 1.80. The van der Waals surface area contributed by atoms with Gasteiger partial charge in [-0.05, 0) is 38.7 Å². The lowest BCUT2D eigenvalue weighted by Gasteiger charge is -2.10. The number of hydrogen-bond donors (Lipinski definition) is 2. The maximum absolute atomic E-state index is 12.1. The van der Waals surface area contributed by atoms with Crippen LogP contribution in [-0.2, 0) is 11.3 Å². The molecule has 3 rings (SSSR count). The fourth-order valence-corrected chi connectivity index (χ4v) is 3.74. The number of aromatic nitrogens is 2. The molecule has 2 aromatic rings. The van der Waals surface area contributed by atoms with Crippen LogP contribution in [0.15, 0.2) is 4.79 Å². The quantitative estimate of drug-likeness (QED) is 0.907. The van der Waals surface area contributed by atoms with E-state index < -0.39 is 0 Å². The van der Waals surface area contributed by atoms with Crippen LogP contribution >= 0.6 is 11.3 Å². The van der Waals surface area contributed by atoms with E-state index in [1.807, 2.05) is 13.8 Å². The molecule has 108 valence electrons. The number of nitrogens with zero attached hydrogens (tertiary/aromatic N) is 1. The molecule has 3 N–H and O–H groups in total. The van der Waals surface area contributed by atoms with Gasteiger partial charge in [0.15, 0.2) is 0 Å². The zero-order valence-corrected chi connectivity index (χ0v) is 12.5. The number of hydrogen-bond acceptors (Lipinski definition) is 5. The number of thiophene rings is 1. The van der Waals surface area contributed by atoms with Gasteiger partial charge in [-0.25, -0.2) is 4.98 Å². The van der Waals surface area contributed by atoms with E-state index in [9.17, 15) is 4.79 Å². The highest BCUT2D eigenvalue weighted by Gasteiger charge is 2.22. The molecule has 0 bridgehead atoms. The van der Waals surface area contributed by atoms with Crippen molar-refractivity contribution in [3.05, 3.63) is 26.6 Å². The van der Waals surface area contributed by atoms with Crippen molar-refractivity contribution >= 4 is 21.6 Å². The Morgan fingerprint density at radius 2 is 2.25 bits per heavy atom. The van der Waals surface area contributed by atoms with Crippen molar-refractivity contribution in [1.82, 2.24) is 9.97 Å². The van der Waals surface area contributed by atoms with Crippen LogP contribution in [-0.4, -0.2) is 22.1 Å². The molecule has 0 amide bonds. The van der Waals surface area contributed by atoms with Crippen LogP contribution in [0.25, 0.3) is 10.2 Å². The summed E-state index contributed by atoms with van der Waals surface area (Å²) in [6.07, 6.45) is 3.09. The van der Waals surface area contributed by atoms with Crippen LogP contribution in [0.4, 0.5) is 0 Å². The van der Waals surface area contributed by atoms with Crippen LogP contribution in [0.1, 0.15) is 35.5 Å². The largest absolute Gasteiger partial charge is 0.370 e. The summed E-state index contributed by atoms with van der Waals surface area (Å²) < 4.78 is 5.79. The van der Waals surface area contributed by atoms with Crippen LogP contribution in [0.5, 0.6) is 0 Å². The normalized spacial score (nSPS) is 22.8. The molecule has 0 saturated heterocycles. The monoisotopic (exact) mass is 293 g/mol. The molecule has 20 heavy (non-hydrogen) atoms. The Kier molecular flexibility index (Phi) is 3.62. The van der Waals surface area contributed by atoms with Crippen molar-refractivity contribution in [1.29, 1.82) is 0 Å². The number of fused-ring (bicyclic) bond motifs is 1. The van der Waals surface area contributed by atoms with Crippen molar-refractivity contribution in [3.8, 4) is 0 Å². The van der Waals surface area contributed by atoms with E-state index in [-0.39, 0.29) is 17.7 Å². The van der Waals surface area contributed by atoms with Crippen LogP contribution in [0, 0.1) is 13.8 Å². The summed E-state index contributed by atoms with van der Waals surface area (Å²) in [5.74, 6) is 0.601. The maximum Gasteiger partial charge on any atom is 0.259 e. The number of rotatable bonds is 3. The second kappa shape index (κ2) is 5.27. The maximum atomic E-state index is 12.1. The molecular formula is C14H19N3O2S. The minimum absolute atomic E-state index is 0.0708. The number of aromatic amines is 1. The van der Waals surface area contributed by atoms with Crippen molar-refractivity contribution in [2.45, 2.75) is 51.9 Å². The Morgan fingerprint density at radius 3 is 2.95 bits per heavy atom. The first-order valence-corrected chi connectivity index (χ1v) is 7.72. The van der Waals surface area contributed by atoms with Gasteiger partial charge in [-0.15, -0.1) is 11.3 Å². The molecule has 5 nitrogen and oxygen atoms in total. The first-order chi connectivity index (χ1) is 9.54. The Morgan fingerprint density at radius 1 is 1.45 bits per heavy atom. The molecule has 2 unspecified atom stereocenters. The predicted molar refractivity (Wildman–Crippen MR) is 80.1 cm³/mol. The molecule has 0 radical (unpaired) electrons. The molecule has 2 atom stereocenters. The Bertz CT molecular complexity index is 692. The predicted octanol–water partition coefficient (Wildman–Crippen LogP) is 2.00. The van der Waals surface area contributed by atoms with E-state index in [1.165, 1.54) is 0 Å². The summed E-state index contributed by atoms with van der Waals surface area (Å²) in [7, 11) is 0. The molecule has 1 aliphatic rings. The number of nitrogens with one attached hydrogen (secondary N) is 1.